The van der Waals surface area contributed by atoms with Crippen LogP contribution in [0.15, 0.2) is 18.3 Å². The van der Waals surface area contributed by atoms with E-state index in [2.05, 4.69) is 42.9 Å². The summed E-state index contributed by atoms with van der Waals surface area (Å²) in [5.74, 6) is 2.03. The van der Waals surface area contributed by atoms with Crippen LogP contribution in [0.5, 0.6) is 0 Å². The molecule has 0 aromatic carbocycles. The Bertz CT molecular complexity index is 636. The summed E-state index contributed by atoms with van der Waals surface area (Å²) < 4.78 is 0. The van der Waals surface area contributed by atoms with E-state index < -0.39 is 0 Å². The van der Waals surface area contributed by atoms with Crippen LogP contribution in [0.4, 0.5) is 5.82 Å². The van der Waals surface area contributed by atoms with Gasteiger partial charge in [-0.2, -0.15) is 0 Å². The predicted octanol–water partition coefficient (Wildman–Crippen LogP) is 3.33. The van der Waals surface area contributed by atoms with Crippen LogP contribution in [0.25, 0.3) is 0 Å². The van der Waals surface area contributed by atoms with E-state index >= 15 is 0 Å². The van der Waals surface area contributed by atoms with Crippen LogP contribution < -0.4 is 10.2 Å². The first-order valence-corrected chi connectivity index (χ1v) is 10.6. The molecule has 1 N–H and O–H groups in total. The van der Waals surface area contributed by atoms with E-state index in [0.717, 1.165) is 44.8 Å². The van der Waals surface area contributed by atoms with Crippen molar-refractivity contribution in [2.45, 2.75) is 59.9 Å². The van der Waals surface area contributed by atoms with Gasteiger partial charge in [0.25, 0.3) is 5.91 Å². The fraction of sp³-hybridized carbons (Fsp3) is 0.682. The van der Waals surface area contributed by atoms with Crippen molar-refractivity contribution in [2.75, 3.05) is 31.1 Å². The zero-order valence-corrected chi connectivity index (χ0v) is 18.1. The Labute approximate surface area is 169 Å². The third kappa shape index (κ3) is 6.50. The summed E-state index contributed by atoms with van der Waals surface area (Å²) >= 11 is 0. The lowest BCUT2D eigenvalue weighted by Gasteiger charge is -2.35. The third-order valence-electron chi connectivity index (χ3n) is 5.39. The molecule has 1 fully saturated rings. The second-order valence-electron chi connectivity index (χ2n) is 8.49. The first-order chi connectivity index (χ1) is 13.3. The van der Waals surface area contributed by atoms with Crippen molar-refractivity contribution < 1.29 is 9.59 Å². The van der Waals surface area contributed by atoms with Crippen molar-refractivity contribution in [2.24, 2.45) is 11.8 Å². The topological polar surface area (TPSA) is 65.5 Å². The van der Waals surface area contributed by atoms with Gasteiger partial charge in [0.1, 0.15) is 5.82 Å². The van der Waals surface area contributed by atoms with Crippen LogP contribution >= 0.6 is 0 Å². The average molecular weight is 389 g/mol. The van der Waals surface area contributed by atoms with Crippen molar-refractivity contribution in [1.29, 1.82) is 0 Å². The number of hydrogen-bond acceptors (Lipinski definition) is 4. The Morgan fingerprint density at radius 1 is 1.11 bits per heavy atom. The number of carbonyl (C=O) groups excluding carboxylic acids is 2. The average Bonchev–Trinajstić information content (AvgIpc) is 2.67. The number of anilines is 1. The van der Waals surface area contributed by atoms with E-state index in [4.69, 9.17) is 0 Å². The molecule has 2 rings (SSSR count). The second-order valence-corrected chi connectivity index (χ2v) is 8.49. The number of rotatable bonds is 8. The summed E-state index contributed by atoms with van der Waals surface area (Å²) in [6.07, 6.45) is 4.27. The third-order valence-corrected chi connectivity index (χ3v) is 5.39. The van der Waals surface area contributed by atoms with Crippen molar-refractivity contribution in [3.8, 4) is 0 Å². The quantitative estimate of drug-likeness (QED) is 0.742. The molecule has 6 nitrogen and oxygen atoms in total. The maximum atomic E-state index is 12.3. The molecule has 2 unspecified atom stereocenters. The summed E-state index contributed by atoms with van der Waals surface area (Å²) in [6, 6.07) is 3.88. The molecular weight excluding hydrogens is 352 g/mol. The fourth-order valence-electron chi connectivity index (χ4n) is 3.54. The molecule has 0 bridgehead atoms. The van der Waals surface area contributed by atoms with Crippen LogP contribution in [0, 0.1) is 11.8 Å². The van der Waals surface area contributed by atoms with E-state index in [0.29, 0.717) is 23.8 Å². The van der Waals surface area contributed by atoms with Gasteiger partial charge in [-0.25, -0.2) is 4.98 Å². The highest BCUT2D eigenvalue weighted by atomic mass is 16.2. The van der Waals surface area contributed by atoms with Gasteiger partial charge in [-0.3, -0.25) is 9.59 Å². The number of nitrogens with one attached hydrogen (secondary N) is 1. The number of amides is 2. The number of piperazine rings is 1. The lowest BCUT2D eigenvalue weighted by Crippen LogP contribution is -2.49. The van der Waals surface area contributed by atoms with Gasteiger partial charge >= 0.3 is 0 Å². The molecule has 2 amide bonds. The first-order valence-electron chi connectivity index (χ1n) is 10.6. The van der Waals surface area contributed by atoms with Crippen LogP contribution in [0.3, 0.4) is 0 Å². The Morgan fingerprint density at radius 2 is 1.79 bits per heavy atom. The minimum atomic E-state index is -0.0762. The van der Waals surface area contributed by atoms with Crippen LogP contribution in [-0.2, 0) is 4.79 Å². The minimum absolute atomic E-state index is 0.0762. The van der Waals surface area contributed by atoms with Gasteiger partial charge in [0, 0.05) is 44.8 Å². The van der Waals surface area contributed by atoms with Gasteiger partial charge in [-0.1, -0.05) is 34.1 Å². The molecule has 1 aromatic rings. The van der Waals surface area contributed by atoms with Gasteiger partial charge in [0.2, 0.25) is 5.91 Å². The van der Waals surface area contributed by atoms with Crippen LogP contribution in [-0.4, -0.2) is 53.9 Å². The molecule has 0 spiro atoms. The smallest absolute Gasteiger partial charge is 0.253 e. The largest absolute Gasteiger partial charge is 0.353 e. The van der Waals surface area contributed by atoms with Crippen LogP contribution in [0.1, 0.15) is 64.2 Å². The highest BCUT2D eigenvalue weighted by molar-refractivity contribution is 5.94. The molecule has 1 aliphatic rings. The molecule has 1 aliphatic heterocycles. The molecule has 156 valence electrons. The number of carbonyl (C=O) groups is 2. The van der Waals surface area contributed by atoms with Gasteiger partial charge in [0.15, 0.2) is 0 Å². The molecule has 1 saturated heterocycles. The summed E-state index contributed by atoms with van der Waals surface area (Å²) in [5.41, 5.74) is 0.585. The maximum Gasteiger partial charge on any atom is 0.253 e. The van der Waals surface area contributed by atoms with E-state index in [9.17, 15) is 9.59 Å². The monoisotopic (exact) mass is 388 g/mol. The molecule has 0 radical (unpaired) electrons. The van der Waals surface area contributed by atoms with E-state index in [1.54, 1.807) is 6.20 Å². The van der Waals surface area contributed by atoms with Crippen molar-refractivity contribution in [3.05, 3.63) is 23.9 Å². The molecule has 0 aliphatic carbocycles. The lowest BCUT2D eigenvalue weighted by atomic mass is 10.0. The van der Waals surface area contributed by atoms with Gasteiger partial charge < -0.3 is 15.1 Å². The fourth-order valence-corrected chi connectivity index (χ4v) is 3.54. The zero-order valence-electron chi connectivity index (χ0n) is 18.1. The number of pyridine rings is 1. The Kier molecular flexibility index (Phi) is 8.27. The van der Waals surface area contributed by atoms with E-state index in [1.165, 1.54) is 0 Å². The molecular formula is C22H36N4O2. The summed E-state index contributed by atoms with van der Waals surface area (Å²) in [4.78, 5) is 33.3. The maximum absolute atomic E-state index is 12.3. The number of nitrogens with zero attached hydrogens (tertiary/aromatic N) is 3. The molecule has 0 saturated carbocycles. The second kappa shape index (κ2) is 10.4. The summed E-state index contributed by atoms with van der Waals surface area (Å²) in [5, 5.41) is 3.03. The van der Waals surface area contributed by atoms with E-state index in [-0.39, 0.29) is 17.9 Å². The lowest BCUT2D eigenvalue weighted by molar-refractivity contribution is -0.132. The minimum Gasteiger partial charge on any atom is -0.353 e. The molecule has 6 heteroatoms. The highest BCUT2D eigenvalue weighted by Gasteiger charge is 2.23. The summed E-state index contributed by atoms with van der Waals surface area (Å²) in [7, 11) is 0. The Morgan fingerprint density at radius 3 is 2.32 bits per heavy atom. The number of hydrogen-bond donors (Lipinski definition) is 1. The predicted molar refractivity (Wildman–Crippen MR) is 113 cm³/mol. The van der Waals surface area contributed by atoms with Crippen molar-refractivity contribution in [3.63, 3.8) is 0 Å². The SMILES string of the molecule is CCC(C)CC(=O)N1CCN(c2ccc(C(=O)NC(C)CC(C)C)cn2)CC1. The van der Waals surface area contributed by atoms with Gasteiger partial charge in [0.05, 0.1) is 5.56 Å². The standard InChI is InChI=1S/C22H36N4O2/c1-6-17(4)14-21(27)26-11-9-25(10-12-26)20-8-7-19(15-23-20)22(28)24-18(5)13-16(2)3/h7-8,15-18H,6,9-14H2,1-5H3,(H,24,28). The van der Waals surface area contributed by atoms with Crippen molar-refractivity contribution >= 4 is 17.6 Å². The van der Waals surface area contributed by atoms with Crippen LogP contribution in [0.2, 0.25) is 0 Å². The molecule has 2 atom stereocenters. The molecule has 28 heavy (non-hydrogen) atoms. The van der Waals surface area contributed by atoms with Gasteiger partial charge in [-0.05, 0) is 37.3 Å². The Hall–Kier alpha value is -2.11. The normalized spacial score (nSPS) is 16.8. The van der Waals surface area contributed by atoms with Crippen molar-refractivity contribution in [1.82, 2.24) is 15.2 Å². The highest BCUT2D eigenvalue weighted by Crippen LogP contribution is 2.16. The zero-order chi connectivity index (χ0) is 20.7. The molecule has 1 aromatic heterocycles. The Balaban J connectivity index is 1.86. The molecule has 2 heterocycles. The number of aromatic nitrogens is 1. The van der Waals surface area contributed by atoms with E-state index in [1.807, 2.05) is 24.0 Å². The summed E-state index contributed by atoms with van der Waals surface area (Å²) in [6.45, 7) is 13.6. The first kappa shape index (κ1) is 22.2. The van der Waals surface area contributed by atoms with Gasteiger partial charge in [-0.15, -0.1) is 0 Å².